The molecule has 7 heteroatoms. The molecule has 0 aromatic carbocycles. The molecule has 3 rings (SSSR count). The lowest BCUT2D eigenvalue weighted by molar-refractivity contribution is 0.0697. The molecule has 0 aliphatic carbocycles. The number of carbonyl (C=O) groups is 1. The van der Waals surface area contributed by atoms with E-state index in [9.17, 15) is 4.79 Å². The van der Waals surface area contributed by atoms with E-state index in [2.05, 4.69) is 29.0 Å². The van der Waals surface area contributed by atoms with Gasteiger partial charge in [-0.2, -0.15) is 4.98 Å². The molecule has 1 saturated heterocycles. The molecule has 25 heavy (non-hydrogen) atoms. The molecule has 1 aliphatic heterocycles. The van der Waals surface area contributed by atoms with E-state index >= 15 is 0 Å². The summed E-state index contributed by atoms with van der Waals surface area (Å²) in [6, 6.07) is 3.53. The van der Waals surface area contributed by atoms with Crippen LogP contribution < -0.4 is 4.74 Å². The second kappa shape index (κ2) is 7.63. The van der Waals surface area contributed by atoms with E-state index in [1.54, 1.807) is 25.3 Å². The van der Waals surface area contributed by atoms with Crippen molar-refractivity contribution in [3.63, 3.8) is 0 Å². The Kier molecular flexibility index (Phi) is 5.31. The minimum absolute atomic E-state index is 0.0585. The third-order valence-corrected chi connectivity index (χ3v) is 4.17. The average Bonchev–Trinajstić information content (AvgIpc) is 3.06. The van der Waals surface area contributed by atoms with E-state index in [1.807, 2.05) is 4.90 Å². The van der Waals surface area contributed by atoms with Crippen LogP contribution in [0.3, 0.4) is 0 Å². The summed E-state index contributed by atoms with van der Waals surface area (Å²) in [5.74, 6) is 2.04. The van der Waals surface area contributed by atoms with Crippen LogP contribution in [0, 0.1) is 12.8 Å². The number of piperidine rings is 1. The first-order valence-corrected chi connectivity index (χ1v) is 8.72. The Hall–Kier alpha value is -2.44. The third kappa shape index (κ3) is 4.15. The molecule has 1 amide bonds. The van der Waals surface area contributed by atoms with Gasteiger partial charge in [0.25, 0.3) is 5.91 Å². The van der Waals surface area contributed by atoms with E-state index < -0.39 is 0 Å². The summed E-state index contributed by atoms with van der Waals surface area (Å²) in [6.07, 6.45) is 3.51. The third-order valence-electron chi connectivity index (χ3n) is 4.17. The van der Waals surface area contributed by atoms with Crippen LogP contribution in [0.2, 0.25) is 0 Å². The Labute approximate surface area is 147 Å². The van der Waals surface area contributed by atoms with Crippen molar-refractivity contribution >= 4 is 5.91 Å². The summed E-state index contributed by atoms with van der Waals surface area (Å²) in [4.78, 5) is 23.4. The quantitative estimate of drug-likeness (QED) is 0.829. The van der Waals surface area contributed by atoms with Gasteiger partial charge in [-0.15, -0.1) is 0 Å². The van der Waals surface area contributed by atoms with E-state index in [-0.39, 0.29) is 11.8 Å². The summed E-state index contributed by atoms with van der Waals surface area (Å²) >= 11 is 0. The highest BCUT2D eigenvalue weighted by atomic mass is 16.5. The zero-order valence-electron chi connectivity index (χ0n) is 14.9. The Bertz CT molecular complexity index is 729. The molecule has 1 atom stereocenters. The van der Waals surface area contributed by atoms with E-state index in [0.29, 0.717) is 48.8 Å². The standard InChI is InChI=1S/C18H24N4O3/c1-12(2)11-24-17-15(7-4-8-19-17)18(23)22-9-5-6-14(10-22)16-20-13(3)25-21-16/h4,7-8,12,14H,5-6,9-11H2,1-3H3. The van der Waals surface area contributed by atoms with Gasteiger partial charge in [-0.1, -0.05) is 19.0 Å². The number of hydrogen-bond acceptors (Lipinski definition) is 6. The maximum Gasteiger partial charge on any atom is 0.259 e. The number of pyridine rings is 1. The van der Waals surface area contributed by atoms with Gasteiger partial charge in [0.05, 0.1) is 6.61 Å². The number of aryl methyl sites for hydroxylation is 1. The number of ether oxygens (including phenoxy) is 1. The Balaban J connectivity index is 1.74. The lowest BCUT2D eigenvalue weighted by Crippen LogP contribution is -2.39. The van der Waals surface area contributed by atoms with Crippen molar-refractivity contribution < 1.29 is 14.1 Å². The monoisotopic (exact) mass is 344 g/mol. The smallest absolute Gasteiger partial charge is 0.259 e. The number of likely N-dealkylation sites (tertiary alicyclic amines) is 1. The van der Waals surface area contributed by atoms with Crippen molar-refractivity contribution in [1.29, 1.82) is 0 Å². The fraction of sp³-hybridized carbons (Fsp3) is 0.556. The van der Waals surface area contributed by atoms with Crippen molar-refractivity contribution in [2.75, 3.05) is 19.7 Å². The number of rotatable bonds is 5. The van der Waals surface area contributed by atoms with E-state index in [0.717, 1.165) is 12.8 Å². The number of amides is 1. The molecule has 0 saturated carbocycles. The molecule has 2 aromatic rings. The summed E-state index contributed by atoms with van der Waals surface area (Å²) in [5.41, 5.74) is 0.507. The van der Waals surface area contributed by atoms with Gasteiger partial charge < -0.3 is 14.2 Å². The maximum atomic E-state index is 13.0. The fourth-order valence-corrected chi connectivity index (χ4v) is 2.94. The minimum Gasteiger partial charge on any atom is -0.477 e. The van der Waals surface area contributed by atoms with Crippen molar-refractivity contribution in [1.82, 2.24) is 20.0 Å². The van der Waals surface area contributed by atoms with Gasteiger partial charge >= 0.3 is 0 Å². The van der Waals surface area contributed by atoms with Crippen LogP contribution in [0.4, 0.5) is 0 Å². The van der Waals surface area contributed by atoms with Gasteiger partial charge in [-0.3, -0.25) is 4.79 Å². The van der Waals surface area contributed by atoms with Crippen molar-refractivity contribution in [2.45, 2.75) is 39.5 Å². The highest BCUT2D eigenvalue weighted by molar-refractivity contribution is 5.96. The molecule has 134 valence electrons. The number of hydrogen-bond donors (Lipinski definition) is 0. The van der Waals surface area contributed by atoms with Gasteiger partial charge in [0.2, 0.25) is 11.8 Å². The number of nitrogens with zero attached hydrogens (tertiary/aromatic N) is 4. The molecule has 7 nitrogen and oxygen atoms in total. The van der Waals surface area contributed by atoms with Crippen LogP contribution in [0.5, 0.6) is 5.88 Å². The normalized spacial score (nSPS) is 17.8. The molecule has 0 radical (unpaired) electrons. The van der Waals surface area contributed by atoms with Crippen LogP contribution >= 0.6 is 0 Å². The molecule has 1 aliphatic rings. The largest absolute Gasteiger partial charge is 0.477 e. The molecule has 0 spiro atoms. The van der Waals surface area contributed by atoms with Crippen molar-refractivity contribution in [3.05, 3.63) is 35.6 Å². The Morgan fingerprint density at radius 1 is 1.48 bits per heavy atom. The predicted octanol–water partition coefficient (Wildman–Crippen LogP) is 2.83. The first-order valence-electron chi connectivity index (χ1n) is 8.72. The summed E-state index contributed by atoms with van der Waals surface area (Å²) in [6.45, 7) is 7.72. The lowest BCUT2D eigenvalue weighted by atomic mass is 9.97. The van der Waals surface area contributed by atoms with Crippen molar-refractivity contribution in [3.8, 4) is 5.88 Å². The topological polar surface area (TPSA) is 81.4 Å². The van der Waals surface area contributed by atoms with Gasteiger partial charge in [0.1, 0.15) is 5.56 Å². The van der Waals surface area contributed by atoms with Crippen molar-refractivity contribution in [2.24, 2.45) is 5.92 Å². The second-order valence-electron chi connectivity index (χ2n) is 6.82. The highest BCUT2D eigenvalue weighted by Gasteiger charge is 2.29. The molecule has 1 fully saturated rings. The molecular formula is C18H24N4O3. The van der Waals surface area contributed by atoms with Crippen LogP contribution in [0.15, 0.2) is 22.9 Å². The van der Waals surface area contributed by atoms with E-state index in [1.165, 1.54) is 0 Å². The first-order chi connectivity index (χ1) is 12.0. The Morgan fingerprint density at radius 3 is 3.04 bits per heavy atom. The number of aromatic nitrogens is 3. The van der Waals surface area contributed by atoms with Gasteiger partial charge in [0.15, 0.2) is 5.82 Å². The number of carbonyl (C=O) groups excluding carboxylic acids is 1. The zero-order chi connectivity index (χ0) is 17.8. The Morgan fingerprint density at radius 2 is 2.32 bits per heavy atom. The first kappa shape index (κ1) is 17.4. The fourth-order valence-electron chi connectivity index (χ4n) is 2.94. The van der Waals surface area contributed by atoms with Gasteiger partial charge in [-0.05, 0) is 30.9 Å². The lowest BCUT2D eigenvalue weighted by Gasteiger charge is -2.31. The molecule has 3 heterocycles. The van der Waals surface area contributed by atoms with Gasteiger partial charge in [-0.25, -0.2) is 4.98 Å². The second-order valence-corrected chi connectivity index (χ2v) is 6.82. The van der Waals surface area contributed by atoms with Crippen LogP contribution in [-0.4, -0.2) is 45.6 Å². The zero-order valence-corrected chi connectivity index (χ0v) is 14.9. The molecule has 2 aromatic heterocycles. The molecule has 0 N–H and O–H groups in total. The van der Waals surface area contributed by atoms with Gasteiger partial charge in [0, 0.05) is 32.1 Å². The SMILES string of the molecule is Cc1nc(C2CCCN(C(=O)c3cccnc3OCC(C)C)C2)no1. The summed E-state index contributed by atoms with van der Waals surface area (Å²) in [5, 5.41) is 4.01. The van der Waals surface area contributed by atoms with Crippen LogP contribution in [0.1, 0.15) is 54.7 Å². The molecule has 1 unspecified atom stereocenters. The average molecular weight is 344 g/mol. The van der Waals surface area contributed by atoms with E-state index in [4.69, 9.17) is 9.26 Å². The maximum absolute atomic E-state index is 13.0. The van der Waals surface area contributed by atoms with Crippen LogP contribution in [0.25, 0.3) is 0 Å². The minimum atomic E-state index is -0.0585. The summed E-state index contributed by atoms with van der Waals surface area (Å²) < 4.78 is 10.8. The molecule has 0 bridgehead atoms. The van der Waals surface area contributed by atoms with Crippen LogP contribution in [-0.2, 0) is 0 Å². The summed E-state index contributed by atoms with van der Waals surface area (Å²) in [7, 11) is 0. The highest BCUT2D eigenvalue weighted by Crippen LogP contribution is 2.27. The predicted molar refractivity (Wildman–Crippen MR) is 91.5 cm³/mol. The molecular weight excluding hydrogens is 320 g/mol.